The van der Waals surface area contributed by atoms with E-state index >= 15 is 0 Å². The van der Waals surface area contributed by atoms with Gasteiger partial charge in [-0.3, -0.25) is 9.59 Å². The molecular formula is C21H21ClN2O4. The number of carbonyl (C=O) groups excluding carboxylic acids is 2. The molecule has 1 fully saturated rings. The highest BCUT2D eigenvalue weighted by atomic mass is 35.5. The summed E-state index contributed by atoms with van der Waals surface area (Å²) in [5.74, 6) is -0.790. The number of benzene rings is 2. The zero-order chi connectivity index (χ0) is 19.9. The lowest BCUT2D eigenvalue weighted by molar-refractivity contribution is -0.176. The number of nitrogens with zero attached hydrogens (tertiary/aromatic N) is 1. The topological polar surface area (TPSA) is 81.9 Å². The Hall–Kier alpha value is -2.73. The molecule has 28 heavy (non-hydrogen) atoms. The quantitative estimate of drug-likeness (QED) is 0.782. The predicted molar refractivity (Wildman–Crippen MR) is 104 cm³/mol. The Morgan fingerprint density at radius 3 is 2.71 bits per heavy atom. The van der Waals surface area contributed by atoms with E-state index in [-0.39, 0.29) is 25.0 Å². The summed E-state index contributed by atoms with van der Waals surface area (Å²) >= 11 is 5.88. The van der Waals surface area contributed by atoms with Crippen molar-refractivity contribution in [3.05, 3.63) is 59.1 Å². The summed E-state index contributed by atoms with van der Waals surface area (Å²) in [7, 11) is 0. The van der Waals surface area contributed by atoms with Gasteiger partial charge in [0.2, 0.25) is 11.8 Å². The first kappa shape index (κ1) is 18.6. The van der Waals surface area contributed by atoms with Crippen LogP contribution in [0.4, 0.5) is 0 Å². The van der Waals surface area contributed by atoms with Crippen molar-refractivity contribution in [2.24, 2.45) is 11.7 Å². The van der Waals surface area contributed by atoms with Gasteiger partial charge in [0.05, 0.1) is 6.54 Å². The average Bonchev–Trinajstić information content (AvgIpc) is 2.65. The van der Waals surface area contributed by atoms with E-state index < -0.39 is 17.6 Å². The standard InChI is InChI=1S/C21H21ClN2O4/c1-21-12-16(15-4-2-3-5-17(15)28-21)18(19(23)25)20(26)24(21)10-11-27-14-8-6-13(22)7-9-14/h2-9,16,18H,10-12H2,1H3,(H2,23,25)/t16-,18-,21-/m0/s1. The van der Waals surface area contributed by atoms with Crippen LogP contribution in [-0.2, 0) is 9.59 Å². The fraction of sp³-hybridized carbons (Fsp3) is 0.333. The van der Waals surface area contributed by atoms with Gasteiger partial charge in [-0.15, -0.1) is 0 Å². The number of fused-ring (bicyclic) bond motifs is 4. The number of piperidine rings is 1. The highest BCUT2D eigenvalue weighted by molar-refractivity contribution is 6.30. The van der Waals surface area contributed by atoms with Gasteiger partial charge in [0, 0.05) is 17.4 Å². The number of para-hydroxylation sites is 1. The van der Waals surface area contributed by atoms with E-state index in [1.54, 1.807) is 29.2 Å². The first-order chi connectivity index (χ1) is 13.4. The third-order valence-electron chi connectivity index (χ3n) is 5.46. The van der Waals surface area contributed by atoms with Crippen molar-refractivity contribution < 1.29 is 19.1 Å². The normalized spacial score (nSPS) is 25.6. The van der Waals surface area contributed by atoms with Crippen LogP contribution in [-0.4, -0.2) is 35.6 Å². The van der Waals surface area contributed by atoms with Crippen LogP contribution in [0.2, 0.25) is 5.02 Å². The van der Waals surface area contributed by atoms with Crippen molar-refractivity contribution in [1.82, 2.24) is 4.90 Å². The van der Waals surface area contributed by atoms with Gasteiger partial charge in [-0.2, -0.15) is 0 Å². The van der Waals surface area contributed by atoms with E-state index in [2.05, 4.69) is 0 Å². The van der Waals surface area contributed by atoms with E-state index in [0.29, 0.717) is 22.9 Å². The van der Waals surface area contributed by atoms with Gasteiger partial charge in [-0.25, -0.2) is 0 Å². The molecular weight excluding hydrogens is 380 g/mol. The molecule has 2 aromatic carbocycles. The number of amides is 2. The zero-order valence-corrected chi connectivity index (χ0v) is 16.2. The number of nitrogens with two attached hydrogens (primary N) is 1. The SMILES string of the molecule is C[C@@]12C[C@@H](c3ccccc3O1)[C@@H](C(N)=O)C(=O)N2CCOc1ccc(Cl)cc1. The summed E-state index contributed by atoms with van der Waals surface area (Å²) in [6.45, 7) is 2.40. The lowest BCUT2D eigenvalue weighted by atomic mass is 9.73. The molecule has 7 heteroatoms. The first-order valence-corrected chi connectivity index (χ1v) is 9.54. The van der Waals surface area contributed by atoms with Crippen molar-refractivity contribution >= 4 is 23.4 Å². The van der Waals surface area contributed by atoms with Crippen molar-refractivity contribution in [2.45, 2.75) is 25.0 Å². The summed E-state index contributed by atoms with van der Waals surface area (Å²) < 4.78 is 11.9. The monoisotopic (exact) mass is 400 g/mol. The Labute approximate surface area is 168 Å². The van der Waals surface area contributed by atoms with Gasteiger partial charge in [0.1, 0.15) is 24.0 Å². The summed E-state index contributed by atoms with van der Waals surface area (Å²) in [6.07, 6.45) is 0.504. The summed E-state index contributed by atoms with van der Waals surface area (Å²) in [6, 6.07) is 14.5. The Morgan fingerprint density at radius 2 is 2.00 bits per heavy atom. The van der Waals surface area contributed by atoms with Crippen LogP contribution in [0.15, 0.2) is 48.5 Å². The average molecular weight is 401 g/mol. The molecule has 2 N–H and O–H groups in total. The predicted octanol–water partition coefficient (Wildman–Crippen LogP) is 2.95. The smallest absolute Gasteiger partial charge is 0.238 e. The van der Waals surface area contributed by atoms with Gasteiger partial charge in [0.25, 0.3) is 0 Å². The molecule has 0 saturated carbocycles. The molecule has 2 heterocycles. The first-order valence-electron chi connectivity index (χ1n) is 9.16. The zero-order valence-electron chi connectivity index (χ0n) is 15.4. The second-order valence-corrected chi connectivity index (χ2v) is 7.73. The third kappa shape index (κ3) is 3.18. The molecule has 2 amide bonds. The van der Waals surface area contributed by atoms with Gasteiger partial charge in [-0.1, -0.05) is 29.8 Å². The van der Waals surface area contributed by atoms with Crippen molar-refractivity contribution in [3.8, 4) is 11.5 Å². The van der Waals surface area contributed by atoms with E-state index in [1.165, 1.54) is 0 Å². The molecule has 1 saturated heterocycles. The molecule has 0 aliphatic carbocycles. The summed E-state index contributed by atoms with van der Waals surface area (Å²) in [4.78, 5) is 26.9. The lowest BCUT2D eigenvalue weighted by Gasteiger charge is -2.52. The Kier molecular flexibility index (Phi) is 4.67. The molecule has 0 spiro atoms. The largest absolute Gasteiger partial charge is 0.492 e. The molecule has 3 atom stereocenters. The second-order valence-electron chi connectivity index (χ2n) is 7.30. The maximum atomic E-state index is 13.2. The highest BCUT2D eigenvalue weighted by Gasteiger charge is 2.55. The highest BCUT2D eigenvalue weighted by Crippen LogP contribution is 2.49. The number of primary amides is 1. The number of ether oxygens (including phenoxy) is 2. The molecule has 0 unspecified atom stereocenters. The minimum atomic E-state index is -0.909. The molecule has 146 valence electrons. The molecule has 2 aliphatic heterocycles. The fourth-order valence-corrected chi connectivity index (χ4v) is 4.29. The Morgan fingerprint density at radius 1 is 1.29 bits per heavy atom. The minimum absolute atomic E-state index is 0.254. The molecule has 0 radical (unpaired) electrons. The third-order valence-corrected chi connectivity index (χ3v) is 5.71. The molecule has 2 bridgehead atoms. The van der Waals surface area contributed by atoms with Gasteiger partial charge in [-0.05, 0) is 42.8 Å². The number of likely N-dealkylation sites (tertiary alicyclic amines) is 1. The maximum Gasteiger partial charge on any atom is 0.238 e. The van der Waals surface area contributed by atoms with E-state index in [1.807, 2.05) is 31.2 Å². The van der Waals surface area contributed by atoms with Crippen LogP contribution in [0.5, 0.6) is 11.5 Å². The van der Waals surface area contributed by atoms with E-state index in [0.717, 1.165) is 5.56 Å². The number of halogens is 1. The van der Waals surface area contributed by atoms with E-state index in [9.17, 15) is 9.59 Å². The molecule has 6 nitrogen and oxygen atoms in total. The van der Waals surface area contributed by atoms with Crippen molar-refractivity contribution in [1.29, 1.82) is 0 Å². The Bertz CT molecular complexity index is 917. The van der Waals surface area contributed by atoms with Gasteiger partial charge < -0.3 is 20.1 Å². The number of hydrogen-bond donors (Lipinski definition) is 1. The fourth-order valence-electron chi connectivity index (χ4n) is 4.16. The van der Waals surface area contributed by atoms with E-state index in [4.69, 9.17) is 26.8 Å². The molecule has 4 rings (SSSR count). The molecule has 0 aromatic heterocycles. The van der Waals surface area contributed by atoms with Crippen molar-refractivity contribution in [3.63, 3.8) is 0 Å². The Balaban J connectivity index is 1.58. The molecule has 2 aromatic rings. The van der Waals surface area contributed by atoms with Crippen molar-refractivity contribution in [2.75, 3.05) is 13.2 Å². The lowest BCUT2D eigenvalue weighted by Crippen LogP contribution is -2.65. The number of hydrogen-bond acceptors (Lipinski definition) is 4. The van der Waals surface area contributed by atoms with Crippen LogP contribution in [0.1, 0.15) is 24.8 Å². The minimum Gasteiger partial charge on any atom is -0.492 e. The van der Waals surface area contributed by atoms with Crippen LogP contribution < -0.4 is 15.2 Å². The molecule has 2 aliphatic rings. The summed E-state index contributed by atoms with van der Waals surface area (Å²) in [5.41, 5.74) is 5.62. The van der Waals surface area contributed by atoms with Crippen LogP contribution in [0, 0.1) is 5.92 Å². The number of rotatable bonds is 5. The van der Waals surface area contributed by atoms with Crippen LogP contribution in [0.3, 0.4) is 0 Å². The second kappa shape index (κ2) is 7.02. The summed E-state index contributed by atoms with van der Waals surface area (Å²) in [5, 5.41) is 0.621. The van der Waals surface area contributed by atoms with Crippen LogP contribution in [0.25, 0.3) is 0 Å². The number of carbonyl (C=O) groups is 2. The van der Waals surface area contributed by atoms with Gasteiger partial charge in [0.15, 0.2) is 5.72 Å². The maximum absolute atomic E-state index is 13.2. The van der Waals surface area contributed by atoms with Gasteiger partial charge >= 0.3 is 0 Å². The van der Waals surface area contributed by atoms with Crippen LogP contribution >= 0.6 is 11.6 Å².